The Kier molecular flexibility index (Phi) is 6.71. The van der Waals surface area contributed by atoms with Crippen molar-refractivity contribution in [2.75, 3.05) is 0 Å². The molecule has 27 heavy (non-hydrogen) atoms. The van der Waals surface area contributed by atoms with Crippen molar-refractivity contribution in [2.45, 2.75) is 108 Å². The molecule has 3 nitrogen and oxygen atoms in total. The summed E-state index contributed by atoms with van der Waals surface area (Å²) < 4.78 is 0. The first kappa shape index (κ1) is 18.8. The predicted molar refractivity (Wildman–Crippen MR) is 112 cm³/mol. The van der Waals surface area contributed by atoms with Crippen LogP contribution in [0.5, 0.6) is 0 Å². The molecule has 0 atom stereocenters. The van der Waals surface area contributed by atoms with Gasteiger partial charge in [-0.1, -0.05) is 70.6 Å². The van der Waals surface area contributed by atoms with Crippen LogP contribution in [-0.2, 0) is 0 Å². The SMILES string of the molecule is c1nc2nc(C3CCCCCCC3)ncc2cc1C1CCCCCCCC1. The van der Waals surface area contributed by atoms with E-state index in [-0.39, 0.29) is 0 Å². The summed E-state index contributed by atoms with van der Waals surface area (Å²) in [6.07, 6.45) is 24.4. The number of hydrogen-bond acceptors (Lipinski definition) is 3. The molecule has 0 N–H and O–H groups in total. The number of rotatable bonds is 2. The van der Waals surface area contributed by atoms with Crippen LogP contribution in [0.25, 0.3) is 11.0 Å². The molecule has 2 fully saturated rings. The van der Waals surface area contributed by atoms with E-state index in [2.05, 4.69) is 12.3 Å². The second kappa shape index (κ2) is 9.61. The highest BCUT2D eigenvalue weighted by Gasteiger charge is 2.18. The van der Waals surface area contributed by atoms with Crippen LogP contribution < -0.4 is 0 Å². The quantitative estimate of drug-likeness (QED) is 0.571. The van der Waals surface area contributed by atoms with Crippen LogP contribution in [0.3, 0.4) is 0 Å². The number of nitrogens with zero attached hydrogens (tertiary/aromatic N) is 3. The molecule has 0 spiro atoms. The number of hydrogen-bond donors (Lipinski definition) is 0. The third-order valence-electron chi connectivity index (χ3n) is 6.77. The van der Waals surface area contributed by atoms with Crippen molar-refractivity contribution < 1.29 is 0 Å². The average Bonchev–Trinajstić information content (AvgIpc) is 2.81. The summed E-state index contributed by atoms with van der Waals surface area (Å²) in [5.41, 5.74) is 2.31. The fourth-order valence-electron chi connectivity index (χ4n) is 5.05. The molecule has 0 unspecified atom stereocenters. The Morgan fingerprint density at radius 2 is 1.15 bits per heavy atom. The van der Waals surface area contributed by atoms with Crippen molar-refractivity contribution in [3.05, 3.63) is 29.8 Å². The van der Waals surface area contributed by atoms with Crippen molar-refractivity contribution in [1.29, 1.82) is 0 Å². The lowest BCUT2D eigenvalue weighted by atomic mass is 9.90. The van der Waals surface area contributed by atoms with Gasteiger partial charge in [0.25, 0.3) is 0 Å². The first-order valence-electron chi connectivity index (χ1n) is 11.5. The van der Waals surface area contributed by atoms with Crippen LogP contribution in [0.1, 0.15) is 120 Å². The second-order valence-corrected chi connectivity index (χ2v) is 8.85. The molecular formula is C24H35N3. The van der Waals surface area contributed by atoms with Crippen molar-refractivity contribution in [2.24, 2.45) is 0 Å². The van der Waals surface area contributed by atoms with Crippen LogP contribution >= 0.6 is 0 Å². The molecule has 146 valence electrons. The van der Waals surface area contributed by atoms with E-state index in [1.165, 1.54) is 102 Å². The molecule has 3 heteroatoms. The van der Waals surface area contributed by atoms with Gasteiger partial charge >= 0.3 is 0 Å². The zero-order valence-electron chi connectivity index (χ0n) is 16.8. The maximum Gasteiger partial charge on any atom is 0.162 e. The van der Waals surface area contributed by atoms with Gasteiger partial charge in [0.2, 0.25) is 0 Å². The zero-order valence-corrected chi connectivity index (χ0v) is 16.8. The fraction of sp³-hybridized carbons (Fsp3) is 0.708. The summed E-state index contributed by atoms with van der Waals surface area (Å²) in [6.45, 7) is 0. The maximum absolute atomic E-state index is 4.88. The van der Waals surface area contributed by atoms with Gasteiger partial charge in [0.05, 0.1) is 0 Å². The van der Waals surface area contributed by atoms with E-state index in [1.807, 2.05) is 6.20 Å². The summed E-state index contributed by atoms with van der Waals surface area (Å²) in [5, 5.41) is 1.13. The lowest BCUT2D eigenvalue weighted by Gasteiger charge is -2.19. The van der Waals surface area contributed by atoms with Crippen LogP contribution in [0.2, 0.25) is 0 Å². The topological polar surface area (TPSA) is 38.7 Å². The van der Waals surface area contributed by atoms with Gasteiger partial charge in [-0.05, 0) is 43.2 Å². The lowest BCUT2D eigenvalue weighted by Crippen LogP contribution is -2.08. The first-order chi connectivity index (χ1) is 13.4. The van der Waals surface area contributed by atoms with Crippen LogP contribution in [0, 0.1) is 0 Å². The Balaban J connectivity index is 1.52. The average molecular weight is 366 g/mol. The van der Waals surface area contributed by atoms with Crippen molar-refractivity contribution in [3.8, 4) is 0 Å². The number of aromatic nitrogens is 3. The Labute approximate surface area is 164 Å². The van der Waals surface area contributed by atoms with E-state index in [0.29, 0.717) is 11.8 Å². The molecule has 0 radical (unpaired) electrons. The Hall–Kier alpha value is -1.51. The molecule has 2 aliphatic carbocycles. The summed E-state index contributed by atoms with van der Waals surface area (Å²) >= 11 is 0. The predicted octanol–water partition coefficient (Wildman–Crippen LogP) is 7.07. The van der Waals surface area contributed by atoms with Crippen LogP contribution in [-0.4, -0.2) is 15.0 Å². The number of fused-ring (bicyclic) bond motifs is 1. The highest BCUT2D eigenvalue weighted by molar-refractivity contribution is 5.74. The van der Waals surface area contributed by atoms with Gasteiger partial charge in [0, 0.05) is 23.7 Å². The zero-order chi connectivity index (χ0) is 18.3. The van der Waals surface area contributed by atoms with Crippen molar-refractivity contribution in [1.82, 2.24) is 15.0 Å². The molecule has 2 saturated carbocycles. The van der Waals surface area contributed by atoms with E-state index in [9.17, 15) is 0 Å². The third-order valence-corrected chi connectivity index (χ3v) is 6.77. The van der Waals surface area contributed by atoms with E-state index in [4.69, 9.17) is 15.0 Å². The highest BCUT2D eigenvalue weighted by Crippen LogP contribution is 2.32. The molecule has 2 aromatic rings. The Morgan fingerprint density at radius 3 is 1.78 bits per heavy atom. The molecule has 2 heterocycles. The minimum absolute atomic E-state index is 0.533. The van der Waals surface area contributed by atoms with Gasteiger partial charge in [-0.2, -0.15) is 0 Å². The third kappa shape index (κ3) is 5.06. The minimum atomic E-state index is 0.533. The van der Waals surface area contributed by atoms with Gasteiger partial charge in [-0.15, -0.1) is 0 Å². The summed E-state index contributed by atoms with van der Waals surface area (Å²) in [7, 11) is 0. The molecule has 4 rings (SSSR count). The van der Waals surface area contributed by atoms with Gasteiger partial charge in [-0.25, -0.2) is 15.0 Å². The van der Waals surface area contributed by atoms with Gasteiger partial charge < -0.3 is 0 Å². The van der Waals surface area contributed by atoms with Gasteiger partial charge in [0.15, 0.2) is 5.65 Å². The maximum atomic E-state index is 4.88. The standard InChI is InChI=1S/C24H35N3/c1-2-5-9-13-19(12-8-4-1)21-16-22-18-26-23(27-24(22)25-17-21)20-14-10-6-3-7-11-15-20/h16-20H,1-15H2. The van der Waals surface area contributed by atoms with Crippen molar-refractivity contribution in [3.63, 3.8) is 0 Å². The minimum Gasteiger partial charge on any atom is -0.240 e. The number of pyridine rings is 1. The van der Waals surface area contributed by atoms with Gasteiger partial charge in [0.1, 0.15) is 5.82 Å². The van der Waals surface area contributed by atoms with Crippen molar-refractivity contribution >= 4 is 11.0 Å². The van der Waals surface area contributed by atoms with Gasteiger partial charge in [-0.3, -0.25) is 0 Å². The van der Waals surface area contributed by atoms with E-state index >= 15 is 0 Å². The molecular weight excluding hydrogens is 330 g/mol. The molecule has 2 aromatic heterocycles. The largest absolute Gasteiger partial charge is 0.240 e. The second-order valence-electron chi connectivity index (χ2n) is 8.85. The van der Waals surface area contributed by atoms with E-state index in [0.717, 1.165) is 16.9 Å². The van der Waals surface area contributed by atoms with E-state index in [1.54, 1.807) is 0 Å². The van der Waals surface area contributed by atoms with E-state index < -0.39 is 0 Å². The normalized spacial score (nSPS) is 21.8. The fourth-order valence-corrected chi connectivity index (χ4v) is 5.05. The molecule has 0 bridgehead atoms. The summed E-state index contributed by atoms with van der Waals surface area (Å²) in [6, 6.07) is 2.33. The monoisotopic (exact) mass is 365 g/mol. The highest BCUT2D eigenvalue weighted by atomic mass is 14.9. The molecule has 2 aliphatic rings. The first-order valence-corrected chi connectivity index (χ1v) is 11.5. The lowest BCUT2D eigenvalue weighted by molar-refractivity contribution is 0.443. The Bertz CT molecular complexity index is 709. The summed E-state index contributed by atoms with van der Waals surface area (Å²) in [5.74, 6) is 2.24. The Morgan fingerprint density at radius 1 is 0.593 bits per heavy atom. The molecule has 0 aliphatic heterocycles. The van der Waals surface area contributed by atoms with Crippen LogP contribution in [0.4, 0.5) is 0 Å². The molecule has 0 amide bonds. The summed E-state index contributed by atoms with van der Waals surface area (Å²) in [4.78, 5) is 14.5. The molecule has 0 saturated heterocycles. The smallest absolute Gasteiger partial charge is 0.162 e. The molecule has 0 aromatic carbocycles. The van der Waals surface area contributed by atoms with Crippen LogP contribution in [0.15, 0.2) is 18.5 Å².